The molecule has 1 aromatic heterocycles. The minimum absolute atomic E-state index is 0.0386. The summed E-state index contributed by atoms with van der Waals surface area (Å²) in [6, 6.07) is 5.49. The summed E-state index contributed by atoms with van der Waals surface area (Å²) in [5, 5.41) is 2.36. The first-order chi connectivity index (χ1) is 9.95. The molecule has 21 heavy (non-hydrogen) atoms. The molecule has 0 aliphatic carbocycles. The smallest absolute Gasteiger partial charge is 0.325 e. The third kappa shape index (κ3) is 3.82. The molecular formula is C14H15N3O4. The van der Waals surface area contributed by atoms with Crippen LogP contribution in [-0.4, -0.2) is 22.5 Å². The highest BCUT2D eigenvalue weighted by atomic mass is 16.5. The minimum atomic E-state index is -0.668. The summed E-state index contributed by atoms with van der Waals surface area (Å²) < 4.78 is 5.34. The molecule has 0 unspecified atom stereocenters. The van der Waals surface area contributed by atoms with Crippen LogP contribution in [0.15, 0.2) is 34.0 Å². The van der Waals surface area contributed by atoms with Gasteiger partial charge in [0.1, 0.15) is 11.4 Å². The fourth-order valence-corrected chi connectivity index (χ4v) is 1.64. The van der Waals surface area contributed by atoms with Crippen LogP contribution in [0.5, 0.6) is 5.75 Å². The van der Waals surface area contributed by atoms with Gasteiger partial charge in [-0.1, -0.05) is 6.07 Å². The van der Waals surface area contributed by atoms with Crippen LogP contribution in [0.1, 0.15) is 11.1 Å². The summed E-state index contributed by atoms with van der Waals surface area (Å²) in [5.41, 5.74) is 0.850. The minimum Gasteiger partial charge on any atom is -0.484 e. The molecule has 0 aliphatic heterocycles. The molecule has 2 rings (SSSR count). The van der Waals surface area contributed by atoms with Gasteiger partial charge in [0.2, 0.25) is 0 Å². The van der Waals surface area contributed by atoms with E-state index >= 15 is 0 Å². The number of carbonyl (C=O) groups excluding carboxylic acids is 1. The summed E-state index contributed by atoms with van der Waals surface area (Å²) in [7, 11) is 0. The van der Waals surface area contributed by atoms with Crippen molar-refractivity contribution in [1.29, 1.82) is 0 Å². The SMILES string of the molecule is Cc1ccc(OCC(=O)Nc2c[nH]c(=O)[nH]c2=O)cc1C. The number of ether oxygens (including phenoxy) is 1. The molecule has 0 fully saturated rings. The first kappa shape index (κ1) is 14.6. The Labute approximate surface area is 120 Å². The molecule has 0 radical (unpaired) electrons. The number of anilines is 1. The summed E-state index contributed by atoms with van der Waals surface area (Å²) in [5.74, 6) is 0.0782. The number of H-pyrrole nitrogens is 2. The number of hydrogen-bond acceptors (Lipinski definition) is 4. The molecule has 3 N–H and O–H groups in total. The van der Waals surface area contributed by atoms with Gasteiger partial charge in [0, 0.05) is 6.20 Å². The molecule has 1 amide bonds. The predicted molar refractivity (Wildman–Crippen MR) is 77.7 cm³/mol. The molecule has 0 saturated carbocycles. The van der Waals surface area contributed by atoms with Crippen LogP contribution in [0.25, 0.3) is 0 Å². The molecule has 0 saturated heterocycles. The number of hydrogen-bond donors (Lipinski definition) is 3. The van der Waals surface area contributed by atoms with E-state index in [1.54, 1.807) is 6.07 Å². The van der Waals surface area contributed by atoms with E-state index in [9.17, 15) is 14.4 Å². The Morgan fingerprint density at radius 3 is 2.67 bits per heavy atom. The highest BCUT2D eigenvalue weighted by Crippen LogP contribution is 2.16. The lowest BCUT2D eigenvalue weighted by atomic mass is 10.1. The third-order valence-electron chi connectivity index (χ3n) is 2.94. The molecule has 1 aromatic carbocycles. The Kier molecular flexibility index (Phi) is 4.22. The molecule has 1 heterocycles. The molecule has 0 atom stereocenters. The quantitative estimate of drug-likeness (QED) is 0.770. The lowest BCUT2D eigenvalue weighted by molar-refractivity contribution is -0.118. The molecule has 7 heteroatoms. The average Bonchev–Trinajstić information content (AvgIpc) is 2.43. The van der Waals surface area contributed by atoms with Gasteiger partial charge in [0.05, 0.1) is 0 Å². The van der Waals surface area contributed by atoms with Crippen LogP contribution in [-0.2, 0) is 4.79 Å². The van der Waals surface area contributed by atoms with E-state index in [0.717, 1.165) is 17.3 Å². The summed E-state index contributed by atoms with van der Waals surface area (Å²) in [4.78, 5) is 38.2. The zero-order chi connectivity index (χ0) is 15.4. The van der Waals surface area contributed by atoms with Crippen molar-refractivity contribution in [3.63, 3.8) is 0 Å². The van der Waals surface area contributed by atoms with Crippen molar-refractivity contribution >= 4 is 11.6 Å². The number of aromatic nitrogens is 2. The zero-order valence-corrected chi connectivity index (χ0v) is 11.6. The molecular weight excluding hydrogens is 274 g/mol. The maximum absolute atomic E-state index is 11.7. The summed E-state index contributed by atoms with van der Waals surface area (Å²) in [6.07, 6.45) is 1.13. The fraction of sp³-hybridized carbons (Fsp3) is 0.214. The van der Waals surface area contributed by atoms with Gasteiger partial charge in [-0.25, -0.2) is 4.79 Å². The average molecular weight is 289 g/mol. The predicted octanol–water partition coefficient (Wildman–Crippen LogP) is 0.698. The van der Waals surface area contributed by atoms with E-state index in [0.29, 0.717) is 5.75 Å². The monoisotopic (exact) mass is 289 g/mol. The van der Waals surface area contributed by atoms with Gasteiger partial charge in [0.15, 0.2) is 6.61 Å². The molecule has 110 valence electrons. The van der Waals surface area contributed by atoms with Crippen molar-refractivity contribution in [2.75, 3.05) is 11.9 Å². The van der Waals surface area contributed by atoms with Gasteiger partial charge in [0.25, 0.3) is 11.5 Å². The number of aryl methyl sites for hydroxylation is 2. The summed E-state index contributed by atoms with van der Waals surface area (Å²) >= 11 is 0. The van der Waals surface area contributed by atoms with Gasteiger partial charge in [-0.15, -0.1) is 0 Å². The van der Waals surface area contributed by atoms with E-state index in [1.807, 2.05) is 31.0 Å². The van der Waals surface area contributed by atoms with Crippen LogP contribution < -0.4 is 21.3 Å². The normalized spacial score (nSPS) is 10.2. The van der Waals surface area contributed by atoms with Gasteiger partial charge < -0.3 is 15.0 Å². The van der Waals surface area contributed by atoms with E-state index < -0.39 is 17.2 Å². The standard InChI is InChI=1S/C14H15N3O4/c1-8-3-4-10(5-9(8)2)21-7-12(18)16-11-6-15-14(20)17-13(11)19/h3-6H,7H2,1-2H3,(H,16,18)(H2,15,17,19,20). The second-order valence-electron chi connectivity index (χ2n) is 4.57. The maximum Gasteiger partial charge on any atom is 0.325 e. The third-order valence-corrected chi connectivity index (χ3v) is 2.94. The topological polar surface area (TPSA) is 104 Å². The highest BCUT2D eigenvalue weighted by molar-refractivity contribution is 5.91. The van der Waals surface area contributed by atoms with Crippen LogP contribution in [0.3, 0.4) is 0 Å². The Hall–Kier alpha value is -2.83. The van der Waals surface area contributed by atoms with Crippen LogP contribution in [0.4, 0.5) is 5.69 Å². The number of benzene rings is 1. The Bertz CT molecular complexity index is 776. The lowest BCUT2D eigenvalue weighted by Crippen LogP contribution is -2.28. The lowest BCUT2D eigenvalue weighted by Gasteiger charge is -2.08. The van der Waals surface area contributed by atoms with Gasteiger partial charge in [-0.05, 0) is 37.1 Å². The largest absolute Gasteiger partial charge is 0.484 e. The Balaban J connectivity index is 1.97. The second kappa shape index (κ2) is 6.08. The second-order valence-corrected chi connectivity index (χ2v) is 4.57. The van der Waals surface area contributed by atoms with Crippen molar-refractivity contribution in [3.05, 3.63) is 56.4 Å². The van der Waals surface area contributed by atoms with Gasteiger partial charge in [-0.2, -0.15) is 0 Å². The fourth-order valence-electron chi connectivity index (χ4n) is 1.64. The number of aromatic amines is 2. The van der Waals surface area contributed by atoms with E-state index in [2.05, 4.69) is 10.3 Å². The van der Waals surface area contributed by atoms with Crippen LogP contribution in [0, 0.1) is 13.8 Å². The molecule has 0 aliphatic rings. The molecule has 0 spiro atoms. The molecule has 0 bridgehead atoms. The highest BCUT2D eigenvalue weighted by Gasteiger charge is 2.07. The van der Waals surface area contributed by atoms with Crippen molar-refractivity contribution < 1.29 is 9.53 Å². The number of nitrogens with one attached hydrogen (secondary N) is 3. The summed E-state index contributed by atoms with van der Waals surface area (Å²) in [6.45, 7) is 3.69. The van der Waals surface area contributed by atoms with Crippen LogP contribution >= 0.6 is 0 Å². The maximum atomic E-state index is 11.7. The van der Waals surface area contributed by atoms with E-state index in [1.165, 1.54) is 0 Å². The van der Waals surface area contributed by atoms with Crippen molar-refractivity contribution in [3.8, 4) is 5.75 Å². The van der Waals surface area contributed by atoms with Gasteiger partial charge >= 0.3 is 5.69 Å². The van der Waals surface area contributed by atoms with Crippen LogP contribution in [0.2, 0.25) is 0 Å². The molecule has 7 nitrogen and oxygen atoms in total. The Morgan fingerprint density at radius 1 is 1.24 bits per heavy atom. The van der Waals surface area contributed by atoms with Gasteiger partial charge in [-0.3, -0.25) is 14.6 Å². The first-order valence-corrected chi connectivity index (χ1v) is 6.27. The van der Waals surface area contributed by atoms with E-state index in [4.69, 9.17) is 4.74 Å². The van der Waals surface area contributed by atoms with Crippen molar-refractivity contribution in [1.82, 2.24) is 9.97 Å². The molecule has 2 aromatic rings. The van der Waals surface area contributed by atoms with Crippen molar-refractivity contribution in [2.24, 2.45) is 0 Å². The number of rotatable bonds is 4. The first-order valence-electron chi connectivity index (χ1n) is 6.27. The van der Waals surface area contributed by atoms with Crippen molar-refractivity contribution in [2.45, 2.75) is 13.8 Å². The zero-order valence-electron chi connectivity index (χ0n) is 11.6. The number of amides is 1. The Morgan fingerprint density at radius 2 is 2.00 bits per heavy atom. The number of carbonyl (C=O) groups is 1. The van der Waals surface area contributed by atoms with E-state index in [-0.39, 0.29) is 12.3 Å².